The molecule has 0 heterocycles. The molecule has 0 saturated heterocycles. The highest BCUT2D eigenvalue weighted by atomic mass is 16.3. The molecule has 0 fully saturated rings. The van der Waals surface area contributed by atoms with Gasteiger partial charge in [0.2, 0.25) is 0 Å². The van der Waals surface area contributed by atoms with Crippen LogP contribution in [0.15, 0.2) is 0 Å². The molecule has 0 aliphatic heterocycles. The molecule has 0 aromatic carbocycles. The first-order valence-corrected chi connectivity index (χ1v) is 16.5. The van der Waals surface area contributed by atoms with E-state index in [9.17, 15) is 45.0 Å². The molecule has 0 aliphatic rings. The number of Topliss-reactive ketones (excluding diaryl/α,β-unsaturated/α-hetero) is 3. The second-order valence-corrected chi connectivity index (χ2v) is 12.4. The Labute approximate surface area is 254 Å². The van der Waals surface area contributed by atoms with Crippen LogP contribution >= 0.6 is 0 Å². The molecule has 6 atom stereocenters. The maximum atomic E-state index is 12.2. The number of ketones is 3. The molecule has 9 heteroatoms. The summed E-state index contributed by atoms with van der Waals surface area (Å²) in [5.41, 5.74) is 0. The maximum absolute atomic E-state index is 12.2. The zero-order chi connectivity index (χ0) is 31.8. The van der Waals surface area contributed by atoms with Crippen LogP contribution in [-0.4, -0.2) is 84.6 Å². The number of hydrogen-bond donors (Lipinski definition) is 6. The highest BCUT2D eigenvalue weighted by molar-refractivity contribution is 5.79. The van der Waals surface area contributed by atoms with Crippen LogP contribution in [0.4, 0.5) is 0 Å². The SMILES string of the molecule is CCCCC[C@@H](O)C[C@@H](O)C[C@@H](O)CCC[C@@H](O)CC(=O)CCCCC[C@@H](O)CC(=O)CCCCC[C@@H](O)CC(C)=O. The molecular formula is C33H62O9. The Morgan fingerprint density at radius 1 is 0.452 bits per heavy atom. The van der Waals surface area contributed by atoms with Crippen LogP contribution in [0.25, 0.3) is 0 Å². The predicted molar refractivity (Wildman–Crippen MR) is 164 cm³/mol. The van der Waals surface area contributed by atoms with Crippen molar-refractivity contribution in [3.05, 3.63) is 0 Å². The van der Waals surface area contributed by atoms with Crippen LogP contribution in [0.3, 0.4) is 0 Å². The van der Waals surface area contributed by atoms with E-state index in [2.05, 4.69) is 6.92 Å². The van der Waals surface area contributed by atoms with Crippen molar-refractivity contribution in [3.8, 4) is 0 Å². The Balaban J connectivity index is 3.79. The first kappa shape index (κ1) is 40.8. The summed E-state index contributed by atoms with van der Waals surface area (Å²) in [5.74, 6) is -0.0201. The van der Waals surface area contributed by atoms with Gasteiger partial charge in [-0.05, 0) is 71.1 Å². The van der Waals surface area contributed by atoms with Gasteiger partial charge in [-0.15, -0.1) is 0 Å². The average Bonchev–Trinajstić information content (AvgIpc) is 2.87. The van der Waals surface area contributed by atoms with E-state index in [1.165, 1.54) is 6.92 Å². The van der Waals surface area contributed by atoms with E-state index >= 15 is 0 Å². The van der Waals surface area contributed by atoms with Gasteiger partial charge < -0.3 is 30.6 Å². The largest absolute Gasteiger partial charge is 0.393 e. The third-order valence-electron chi connectivity index (χ3n) is 7.74. The standard InChI is InChI=1S/C33H62O9/c1-3-4-7-13-30(39)23-33(42)24-32(41)19-12-18-31(40)22-29(38)17-11-6-10-16-28(37)21-27(36)15-9-5-8-14-26(35)20-25(2)34/h26,28,30-33,35,37,39-42H,3-24H2,1-2H3/t26-,28-,30-,31-,32+,33-/m1/s1. The zero-order valence-corrected chi connectivity index (χ0v) is 26.4. The van der Waals surface area contributed by atoms with E-state index in [-0.39, 0.29) is 49.5 Å². The highest BCUT2D eigenvalue weighted by Gasteiger charge is 2.17. The van der Waals surface area contributed by atoms with E-state index in [1.807, 2.05) is 0 Å². The van der Waals surface area contributed by atoms with Gasteiger partial charge >= 0.3 is 0 Å². The number of aliphatic hydroxyl groups excluding tert-OH is 6. The van der Waals surface area contributed by atoms with Crippen molar-refractivity contribution >= 4 is 17.3 Å². The summed E-state index contributed by atoms with van der Waals surface area (Å²) in [7, 11) is 0. The quantitative estimate of drug-likeness (QED) is 0.0648. The van der Waals surface area contributed by atoms with Gasteiger partial charge in [-0.1, -0.05) is 51.9 Å². The van der Waals surface area contributed by atoms with Gasteiger partial charge in [0, 0.05) is 32.1 Å². The number of unbranched alkanes of at least 4 members (excludes halogenated alkanes) is 6. The third kappa shape index (κ3) is 26.4. The summed E-state index contributed by atoms with van der Waals surface area (Å²) in [5, 5.41) is 60.2. The molecule has 0 spiro atoms. The predicted octanol–water partition coefficient (Wildman–Crippen LogP) is 4.48. The van der Waals surface area contributed by atoms with E-state index in [4.69, 9.17) is 0 Å². The normalized spacial score (nSPS) is 16.0. The van der Waals surface area contributed by atoms with Crippen LogP contribution in [0.5, 0.6) is 0 Å². The Morgan fingerprint density at radius 2 is 0.833 bits per heavy atom. The number of carbonyl (C=O) groups is 3. The number of rotatable bonds is 30. The summed E-state index contributed by atoms with van der Waals surface area (Å²) in [6.07, 6.45) is 8.11. The summed E-state index contributed by atoms with van der Waals surface area (Å²) in [6.45, 7) is 3.55. The minimum absolute atomic E-state index is 0.0138. The molecule has 0 amide bonds. The van der Waals surface area contributed by atoms with Gasteiger partial charge in [0.05, 0.1) is 36.6 Å². The minimum Gasteiger partial charge on any atom is -0.393 e. The summed E-state index contributed by atoms with van der Waals surface area (Å²) < 4.78 is 0. The lowest BCUT2D eigenvalue weighted by Gasteiger charge is -2.19. The van der Waals surface area contributed by atoms with E-state index in [0.717, 1.165) is 44.9 Å². The molecule has 0 aromatic rings. The monoisotopic (exact) mass is 602 g/mol. The number of aliphatic hydroxyl groups is 6. The lowest BCUT2D eigenvalue weighted by molar-refractivity contribution is -0.121. The molecular weight excluding hydrogens is 540 g/mol. The fraction of sp³-hybridized carbons (Fsp3) is 0.909. The van der Waals surface area contributed by atoms with Crippen molar-refractivity contribution in [2.24, 2.45) is 0 Å². The topological polar surface area (TPSA) is 173 Å². The van der Waals surface area contributed by atoms with Gasteiger partial charge in [-0.2, -0.15) is 0 Å². The van der Waals surface area contributed by atoms with Crippen LogP contribution in [-0.2, 0) is 14.4 Å². The molecule has 0 bridgehead atoms. The van der Waals surface area contributed by atoms with Gasteiger partial charge in [0.1, 0.15) is 17.3 Å². The van der Waals surface area contributed by atoms with Crippen molar-refractivity contribution in [3.63, 3.8) is 0 Å². The van der Waals surface area contributed by atoms with Gasteiger partial charge in [0.25, 0.3) is 0 Å². The molecule has 6 N–H and O–H groups in total. The van der Waals surface area contributed by atoms with Gasteiger partial charge in [0.15, 0.2) is 0 Å². The van der Waals surface area contributed by atoms with Crippen molar-refractivity contribution in [2.75, 3.05) is 0 Å². The van der Waals surface area contributed by atoms with Crippen molar-refractivity contribution in [1.82, 2.24) is 0 Å². The van der Waals surface area contributed by atoms with E-state index in [1.54, 1.807) is 0 Å². The van der Waals surface area contributed by atoms with Crippen LogP contribution in [0, 0.1) is 0 Å². The molecule has 42 heavy (non-hydrogen) atoms. The molecule has 0 rings (SSSR count). The second kappa shape index (κ2) is 26.2. The fourth-order valence-corrected chi connectivity index (χ4v) is 5.30. The van der Waals surface area contributed by atoms with E-state index < -0.39 is 36.6 Å². The van der Waals surface area contributed by atoms with Crippen molar-refractivity contribution in [1.29, 1.82) is 0 Å². The number of carbonyl (C=O) groups excluding carboxylic acids is 3. The first-order valence-electron chi connectivity index (χ1n) is 16.5. The van der Waals surface area contributed by atoms with E-state index in [0.29, 0.717) is 64.2 Å². The van der Waals surface area contributed by atoms with Crippen LogP contribution in [0.2, 0.25) is 0 Å². The molecule has 0 aliphatic carbocycles. The zero-order valence-electron chi connectivity index (χ0n) is 26.4. The lowest BCUT2D eigenvalue weighted by atomic mass is 9.97. The lowest BCUT2D eigenvalue weighted by Crippen LogP contribution is -2.23. The second-order valence-electron chi connectivity index (χ2n) is 12.4. The molecule has 0 saturated carbocycles. The molecule has 9 nitrogen and oxygen atoms in total. The summed E-state index contributed by atoms with van der Waals surface area (Å²) >= 11 is 0. The molecule has 0 unspecified atom stereocenters. The van der Waals surface area contributed by atoms with Crippen LogP contribution < -0.4 is 0 Å². The number of hydrogen-bond acceptors (Lipinski definition) is 9. The van der Waals surface area contributed by atoms with Gasteiger partial charge in [-0.25, -0.2) is 0 Å². The summed E-state index contributed by atoms with van der Waals surface area (Å²) in [4.78, 5) is 35.2. The third-order valence-corrected chi connectivity index (χ3v) is 7.74. The Hall–Kier alpha value is -1.23. The maximum Gasteiger partial charge on any atom is 0.135 e. The average molecular weight is 603 g/mol. The Bertz CT molecular complexity index is 699. The highest BCUT2D eigenvalue weighted by Crippen LogP contribution is 2.17. The molecule has 248 valence electrons. The Kier molecular flexibility index (Phi) is 25.4. The minimum atomic E-state index is -0.758. The molecule has 0 radical (unpaired) electrons. The Morgan fingerprint density at radius 3 is 1.29 bits per heavy atom. The summed E-state index contributed by atoms with van der Waals surface area (Å²) in [6, 6.07) is 0. The van der Waals surface area contributed by atoms with Gasteiger partial charge in [-0.3, -0.25) is 14.4 Å². The van der Waals surface area contributed by atoms with Crippen LogP contribution in [0.1, 0.15) is 155 Å². The smallest absolute Gasteiger partial charge is 0.135 e. The fourth-order valence-electron chi connectivity index (χ4n) is 5.30. The first-order chi connectivity index (χ1) is 19.9. The van der Waals surface area contributed by atoms with Crippen molar-refractivity contribution in [2.45, 2.75) is 192 Å². The molecule has 0 aromatic heterocycles. The van der Waals surface area contributed by atoms with Crippen molar-refractivity contribution < 1.29 is 45.0 Å².